The lowest BCUT2D eigenvalue weighted by molar-refractivity contribution is -0.143. The van der Waals surface area contributed by atoms with Crippen LogP contribution in [-0.2, 0) is 9.59 Å². The molecule has 2 amide bonds. The molecule has 0 radical (unpaired) electrons. The predicted molar refractivity (Wildman–Crippen MR) is 162 cm³/mol. The predicted octanol–water partition coefficient (Wildman–Crippen LogP) is 7.07. The molecule has 0 saturated carbocycles. The molecule has 1 aliphatic heterocycles. The third-order valence-electron chi connectivity index (χ3n) is 7.40. The third kappa shape index (κ3) is 5.65. The van der Waals surface area contributed by atoms with Crippen molar-refractivity contribution in [2.45, 2.75) is 39.7 Å². The van der Waals surface area contributed by atoms with Crippen LogP contribution in [0.2, 0.25) is 0 Å². The van der Waals surface area contributed by atoms with Crippen LogP contribution < -0.4 is 4.74 Å². The third-order valence-corrected chi connectivity index (χ3v) is 7.40. The van der Waals surface area contributed by atoms with E-state index in [1.165, 1.54) is 4.90 Å². The fraction of sp³-hybridized carbons (Fsp3) is 0.200. The van der Waals surface area contributed by atoms with Crippen molar-refractivity contribution in [3.8, 4) is 28.8 Å². The van der Waals surface area contributed by atoms with E-state index in [1.54, 1.807) is 24.6 Å². The van der Waals surface area contributed by atoms with Crippen molar-refractivity contribution < 1.29 is 14.3 Å². The standard InChI is InChI=1S/C35H32N4O3/c1-4-5-20-42-30-18-16-27(17-19-30)33-28(23-38(37-33)29-14-10-7-11-15-29)21-31-24(2)32(22-36)35(41)39(34(31)40)25(3)26-12-8-6-9-13-26/h6-19,21,23,25H,4-5,20H2,1-3H3/b31-21+. The van der Waals surface area contributed by atoms with Gasteiger partial charge in [-0.05, 0) is 73.9 Å². The highest BCUT2D eigenvalue weighted by Gasteiger charge is 2.38. The number of benzene rings is 3. The second-order valence-corrected chi connectivity index (χ2v) is 10.2. The van der Waals surface area contributed by atoms with E-state index < -0.39 is 17.9 Å². The van der Waals surface area contributed by atoms with Crippen LogP contribution in [0, 0.1) is 11.3 Å². The Balaban J connectivity index is 1.61. The molecular formula is C35H32N4O3. The Morgan fingerprint density at radius 3 is 2.26 bits per heavy atom. The molecular weight excluding hydrogens is 524 g/mol. The number of imide groups is 1. The van der Waals surface area contributed by atoms with E-state index in [0.29, 0.717) is 23.4 Å². The molecule has 0 spiro atoms. The molecule has 0 fully saturated rings. The van der Waals surface area contributed by atoms with Crippen molar-refractivity contribution in [1.82, 2.24) is 14.7 Å². The number of hydrogen-bond donors (Lipinski definition) is 0. The molecule has 3 aromatic carbocycles. The number of nitrogens with zero attached hydrogens (tertiary/aromatic N) is 4. The number of rotatable bonds is 9. The van der Waals surface area contributed by atoms with Crippen LogP contribution in [0.3, 0.4) is 0 Å². The van der Waals surface area contributed by atoms with E-state index in [1.807, 2.05) is 97.2 Å². The van der Waals surface area contributed by atoms with Crippen LogP contribution in [0.4, 0.5) is 0 Å². The van der Waals surface area contributed by atoms with Gasteiger partial charge >= 0.3 is 0 Å². The van der Waals surface area contributed by atoms with Gasteiger partial charge in [-0.25, -0.2) is 4.68 Å². The van der Waals surface area contributed by atoms with Crippen LogP contribution in [0.25, 0.3) is 23.0 Å². The topological polar surface area (TPSA) is 88.2 Å². The smallest absolute Gasteiger partial charge is 0.272 e. The zero-order valence-electron chi connectivity index (χ0n) is 23.9. The minimum atomic E-state index is -0.590. The molecule has 1 aliphatic rings. The van der Waals surface area contributed by atoms with E-state index in [2.05, 4.69) is 6.92 Å². The first-order chi connectivity index (χ1) is 20.4. The molecule has 0 saturated heterocycles. The summed E-state index contributed by atoms with van der Waals surface area (Å²) < 4.78 is 7.60. The van der Waals surface area contributed by atoms with E-state index in [-0.39, 0.29) is 11.1 Å². The lowest BCUT2D eigenvalue weighted by Gasteiger charge is -2.32. The molecule has 1 aromatic heterocycles. The van der Waals surface area contributed by atoms with Gasteiger partial charge in [0.15, 0.2) is 0 Å². The molecule has 7 heteroatoms. The number of nitriles is 1. The number of para-hydroxylation sites is 1. The van der Waals surface area contributed by atoms with Crippen LogP contribution in [0.1, 0.15) is 50.8 Å². The van der Waals surface area contributed by atoms with Gasteiger partial charge in [-0.1, -0.05) is 61.9 Å². The Kier molecular flexibility index (Phi) is 8.44. The average molecular weight is 557 g/mol. The van der Waals surface area contributed by atoms with Crippen molar-refractivity contribution in [3.05, 3.63) is 119 Å². The molecule has 1 unspecified atom stereocenters. The Labute approximate surface area is 246 Å². The van der Waals surface area contributed by atoms with Gasteiger partial charge in [0.1, 0.15) is 17.4 Å². The normalized spacial score (nSPS) is 15.2. The zero-order valence-corrected chi connectivity index (χ0v) is 23.9. The first-order valence-corrected chi connectivity index (χ1v) is 14.1. The van der Waals surface area contributed by atoms with E-state index >= 15 is 0 Å². The number of carbonyl (C=O) groups excluding carboxylic acids is 2. The van der Waals surface area contributed by atoms with Crippen molar-refractivity contribution >= 4 is 17.9 Å². The summed E-state index contributed by atoms with van der Waals surface area (Å²) in [6.07, 6.45) is 5.63. The summed E-state index contributed by atoms with van der Waals surface area (Å²) in [7, 11) is 0. The molecule has 210 valence electrons. The molecule has 42 heavy (non-hydrogen) atoms. The van der Waals surface area contributed by atoms with Gasteiger partial charge < -0.3 is 4.74 Å². The van der Waals surface area contributed by atoms with Gasteiger partial charge in [-0.2, -0.15) is 10.4 Å². The summed E-state index contributed by atoms with van der Waals surface area (Å²) in [6.45, 7) is 6.22. The monoisotopic (exact) mass is 556 g/mol. The second-order valence-electron chi connectivity index (χ2n) is 10.2. The fourth-order valence-corrected chi connectivity index (χ4v) is 4.96. The van der Waals surface area contributed by atoms with Crippen LogP contribution in [-0.4, -0.2) is 33.1 Å². The molecule has 0 aliphatic carbocycles. The van der Waals surface area contributed by atoms with Gasteiger partial charge in [0.05, 0.1) is 24.0 Å². The number of amides is 2. The number of aromatic nitrogens is 2. The molecule has 2 heterocycles. The summed E-state index contributed by atoms with van der Waals surface area (Å²) in [4.78, 5) is 28.5. The van der Waals surface area contributed by atoms with Gasteiger partial charge in [0, 0.05) is 22.9 Å². The lowest BCUT2D eigenvalue weighted by Crippen LogP contribution is -2.44. The Morgan fingerprint density at radius 1 is 0.952 bits per heavy atom. The van der Waals surface area contributed by atoms with Crippen LogP contribution in [0.15, 0.2) is 108 Å². The maximum atomic E-state index is 14.0. The van der Waals surface area contributed by atoms with Crippen LogP contribution in [0.5, 0.6) is 5.75 Å². The quantitative estimate of drug-likeness (QED) is 0.125. The maximum absolute atomic E-state index is 14.0. The Bertz CT molecular complexity index is 1690. The second kappa shape index (κ2) is 12.5. The van der Waals surface area contributed by atoms with Crippen molar-refractivity contribution in [2.24, 2.45) is 0 Å². The molecule has 7 nitrogen and oxygen atoms in total. The largest absolute Gasteiger partial charge is 0.494 e. The summed E-state index contributed by atoms with van der Waals surface area (Å²) >= 11 is 0. The van der Waals surface area contributed by atoms with Crippen molar-refractivity contribution in [1.29, 1.82) is 5.26 Å². The minimum absolute atomic E-state index is 0.0470. The maximum Gasteiger partial charge on any atom is 0.272 e. The Morgan fingerprint density at radius 2 is 1.62 bits per heavy atom. The molecule has 4 aromatic rings. The highest BCUT2D eigenvalue weighted by molar-refractivity contribution is 6.20. The summed E-state index contributed by atoms with van der Waals surface area (Å²) in [6, 6.07) is 28.2. The SMILES string of the molecule is CCCCOc1ccc(-c2nn(-c3ccccc3)cc2/C=C2/C(=O)N(C(C)c3ccccc3)C(=O)C(C#N)=C2C)cc1. The van der Waals surface area contributed by atoms with E-state index in [4.69, 9.17) is 9.84 Å². The minimum Gasteiger partial charge on any atom is -0.494 e. The number of unbranched alkanes of at least 4 members (excludes halogenated alkanes) is 1. The summed E-state index contributed by atoms with van der Waals surface area (Å²) in [5.74, 6) is -0.267. The van der Waals surface area contributed by atoms with Gasteiger partial charge in [0.2, 0.25) is 0 Å². The highest BCUT2D eigenvalue weighted by Crippen LogP contribution is 2.35. The number of hydrogen-bond acceptors (Lipinski definition) is 5. The summed E-state index contributed by atoms with van der Waals surface area (Å²) in [5, 5.41) is 14.8. The van der Waals surface area contributed by atoms with Crippen molar-refractivity contribution in [2.75, 3.05) is 6.61 Å². The molecule has 5 rings (SSSR count). The average Bonchev–Trinajstić information content (AvgIpc) is 3.45. The van der Waals surface area contributed by atoms with Gasteiger partial charge in [-0.3, -0.25) is 14.5 Å². The molecule has 1 atom stereocenters. The van der Waals surface area contributed by atoms with Gasteiger partial charge in [-0.15, -0.1) is 0 Å². The van der Waals surface area contributed by atoms with Crippen LogP contribution >= 0.6 is 0 Å². The summed E-state index contributed by atoms with van der Waals surface area (Å²) in [5.41, 5.74) is 4.42. The van der Waals surface area contributed by atoms with E-state index in [0.717, 1.165) is 35.4 Å². The van der Waals surface area contributed by atoms with Gasteiger partial charge in [0.25, 0.3) is 11.8 Å². The first-order valence-electron chi connectivity index (χ1n) is 14.1. The highest BCUT2D eigenvalue weighted by atomic mass is 16.5. The lowest BCUT2D eigenvalue weighted by atomic mass is 9.91. The first kappa shape index (κ1) is 28.3. The Hall–Kier alpha value is -5.22. The fourth-order valence-electron chi connectivity index (χ4n) is 4.96. The zero-order chi connectivity index (χ0) is 29.6. The number of ether oxygens (including phenoxy) is 1. The number of carbonyl (C=O) groups is 2. The van der Waals surface area contributed by atoms with Crippen molar-refractivity contribution in [3.63, 3.8) is 0 Å². The molecule has 0 N–H and O–H groups in total. The van der Waals surface area contributed by atoms with E-state index in [9.17, 15) is 14.9 Å². The molecule has 0 bridgehead atoms.